The Balaban J connectivity index is 5.64. The summed E-state index contributed by atoms with van der Waals surface area (Å²) in [5.41, 5.74) is 0. The second kappa shape index (κ2) is 6.18. The molecule has 0 rings (SSSR count). The first-order valence-electron chi connectivity index (χ1n) is 4.42. The molecule has 0 atom stereocenters. The van der Waals surface area contributed by atoms with Gasteiger partial charge in [0.05, 0.1) is 0 Å². The fraction of sp³-hybridized carbons (Fsp3) is 0.375. The third-order valence-corrected chi connectivity index (χ3v) is 1.71. The maximum Gasteiger partial charge on any atom is 0.339 e. The Bertz CT molecular complexity index is 344. The third-order valence-electron chi connectivity index (χ3n) is 1.71. The van der Waals surface area contributed by atoms with Crippen LogP contribution in [0.1, 0.15) is 6.92 Å². The maximum atomic E-state index is 10.7. The van der Waals surface area contributed by atoms with Gasteiger partial charge in [0.2, 0.25) is 12.1 Å². The van der Waals surface area contributed by atoms with E-state index < -0.39 is 36.0 Å². The molecule has 0 heterocycles. The summed E-state index contributed by atoms with van der Waals surface area (Å²) in [5.74, 6) is -7.72. The Kier molecular flexibility index (Phi) is 5.27. The smallest absolute Gasteiger partial charge is 0.339 e. The van der Waals surface area contributed by atoms with Crippen LogP contribution in [0.25, 0.3) is 0 Å². The van der Waals surface area contributed by atoms with Crippen molar-refractivity contribution < 1.29 is 39.6 Å². The lowest BCUT2D eigenvalue weighted by molar-refractivity contribution is -0.165. The second-order valence-corrected chi connectivity index (χ2v) is 2.91. The van der Waals surface area contributed by atoms with Crippen LogP contribution in [-0.4, -0.2) is 67.6 Å². The molecule has 0 fully saturated rings. The topological polar surface area (TPSA) is 165 Å². The molecule has 4 N–H and O–H groups in total. The molecule has 10 heteroatoms. The average Bonchev–Trinajstić information content (AvgIpc) is 2.14. The van der Waals surface area contributed by atoms with Crippen molar-refractivity contribution in [3.8, 4) is 0 Å². The molecule has 0 amide bonds. The zero-order valence-electron chi connectivity index (χ0n) is 9.05. The van der Waals surface area contributed by atoms with Crippen LogP contribution >= 0.6 is 0 Å². The van der Waals surface area contributed by atoms with Crippen molar-refractivity contribution in [3.63, 3.8) is 0 Å². The molecule has 0 spiro atoms. The molecule has 0 bridgehead atoms. The van der Waals surface area contributed by atoms with Crippen molar-refractivity contribution in [2.24, 2.45) is 5.10 Å². The molecule has 0 aliphatic rings. The van der Waals surface area contributed by atoms with E-state index in [1.165, 1.54) is 6.92 Å². The number of aliphatic carboxylic acids is 4. The summed E-state index contributed by atoms with van der Waals surface area (Å²) in [4.78, 5) is 42.9. The van der Waals surface area contributed by atoms with Gasteiger partial charge in [0, 0.05) is 6.21 Å². The average molecular weight is 262 g/mol. The summed E-state index contributed by atoms with van der Waals surface area (Å²) in [6.45, 7) is 1.24. The third kappa shape index (κ3) is 3.43. The van der Waals surface area contributed by atoms with Crippen LogP contribution in [0.2, 0.25) is 0 Å². The highest BCUT2D eigenvalue weighted by Gasteiger charge is 2.43. The number of carbonyl (C=O) groups is 4. The summed E-state index contributed by atoms with van der Waals surface area (Å²) >= 11 is 0. The van der Waals surface area contributed by atoms with E-state index in [0.29, 0.717) is 0 Å². The Labute approximate surface area is 99.7 Å². The van der Waals surface area contributed by atoms with Crippen molar-refractivity contribution in [3.05, 3.63) is 0 Å². The van der Waals surface area contributed by atoms with E-state index in [4.69, 9.17) is 20.4 Å². The van der Waals surface area contributed by atoms with Gasteiger partial charge in [0.25, 0.3) is 0 Å². The standard InChI is InChI=1S/C8H10N2O8/c1-2-9-10(3(5(11)12)6(13)14)4(7(15)16)8(17)18/h2-4H,1H3,(H,11,12)(H,13,14)(H,15,16)(H,17,18). The van der Waals surface area contributed by atoms with Gasteiger partial charge < -0.3 is 20.4 Å². The fourth-order valence-electron chi connectivity index (χ4n) is 1.08. The lowest BCUT2D eigenvalue weighted by Crippen LogP contribution is -2.54. The monoisotopic (exact) mass is 262 g/mol. The lowest BCUT2D eigenvalue weighted by Gasteiger charge is -2.25. The van der Waals surface area contributed by atoms with E-state index in [1.54, 1.807) is 0 Å². The van der Waals surface area contributed by atoms with Crippen LogP contribution in [0.15, 0.2) is 5.10 Å². The van der Waals surface area contributed by atoms with Crippen LogP contribution < -0.4 is 0 Å². The summed E-state index contributed by atoms with van der Waals surface area (Å²) in [6.07, 6.45) is 0.887. The number of carboxylic acids is 4. The zero-order valence-corrected chi connectivity index (χ0v) is 9.05. The van der Waals surface area contributed by atoms with Crippen molar-refractivity contribution >= 4 is 30.1 Å². The van der Waals surface area contributed by atoms with Crippen molar-refractivity contribution in [2.75, 3.05) is 0 Å². The molecular formula is C8H10N2O8. The second-order valence-electron chi connectivity index (χ2n) is 2.91. The largest absolute Gasteiger partial charge is 0.479 e. The Morgan fingerprint density at radius 1 is 0.889 bits per heavy atom. The van der Waals surface area contributed by atoms with E-state index in [9.17, 15) is 19.2 Å². The predicted octanol–water partition coefficient (Wildman–Crippen LogP) is -1.63. The molecule has 0 aromatic carbocycles. The maximum absolute atomic E-state index is 10.7. The van der Waals surface area contributed by atoms with Gasteiger partial charge in [-0.2, -0.15) is 5.10 Å². The van der Waals surface area contributed by atoms with Gasteiger partial charge in [-0.3, -0.25) is 0 Å². The quantitative estimate of drug-likeness (QED) is 0.239. The van der Waals surface area contributed by atoms with Gasteiger partial charge in [-0.15, -0.1) is 0 Å². The highest BCUT2D eigenvalue weighted by Crippen LogP contribution is 2.09. The lowest BCUT2D eigenvalue weighted by atomic mass is 10.2. The highest BCUT2D eigenvalue weighted by atomic mass is 16.4. The van der Waals surface area contributed by atoms with E-state index >= 15 is 0 Å². The number of nitrogens with zero attached hydrogens (tertiary/aromatic N) is 2. The number of rotatable bonds is 7. The molecule has 0 unspecified atom stereocenters. The summed E-state index contributed by atoms with van der Waals surface area (Å²) < 4.78 is 0. The molecule has 0 saturated carbocycles. The van der Waals surface area contributed by atoms with E-state index in [-0.39, 0.29) is 5.01 Å². The molecule has 10 nitrogen and oxygen atoms in total. The first kappa shape index (κ1) is 15.3. The Morgan fingerprint density at radius 3 is 1.33 bits per heavy atom. The van der Waals surface area contributed by atoms with Crippen molar-refractivity contribution in [2.45, 2.75) is 19.0 Å². The van der Waals surface area contributed by atoms with Crippen LogP contribution in [0.5, 0.6) is 0 Å². The first-order valence-corrected chi connectivity index (χ1v) is 4.42. The minimum Gasteiger partial charge on any atom is -0.479 e. The molecule has 0 saturated heterocycles. The van der Waals surface area contributed by atoms with Gasteiger partial charge in [-0.25, -0.2) is 24.2 Å². The zero-order chi connectivity index (χ0) is 14.5. The first-order chi connectivity index (χ1) is 8.23. The van der Waals surface area contributed by atoms with Gasteiger partial charge in [0.1, 0.15) is 0 Å². The minimum atomic E-state index is -2.42. The number of hydrazone groups is 1. The van der Waals surface area contributed by atoms with Crippen LogP contribution in [-0.2, 0) is 19.2 Å². The van der Waals surface area contributed by atoms with Crippen LogP contribution in [0.4, 0.5) is 0 Å². The van der Waals surface area contributed by atoms with Crippen LogP contribution in [0.3, 0.4) is 0 Å². The van der Waals surface area contributed by atoms with Crippen molar-refractivity contribution in [1.29, 1.82) is 0 Å². The predicted molar refractivity (Wildman–Crippen MR) is 54.1 cm³/mol. The molecule has 100 valence electrons. The normalized spacial score (nSPS) is 10.8. The number of hydrogen-bond acceptors (Lipinski definition) is 6. The number of carboxylic acid groups (broad SMARTS) is 4. The van der Waals surface area contributed by atoms with E-state index in [0.717, 1.165) is 6.21 Å². The van der Waals surface area contributed by atoms with Gasteiger partial charge in [-0.05, 0) is 6.92 Å². The Hall–Kier alpha value is -2.65. The molecule has 0 aromatic rings. The minimum absolute atomic E-state index is 0.0185. The van der Waals surface area contributed by atoms with Crippen LogP contribution in [0, 0.1) is 0 Å². The molecule has 0 aliphatic heterocycles. The van der Waals surface area contributed by atoms with E-state index in [2.05, 4.69) is 5.10 Å². The summed E-state index contributed by atoms with van der Waals surface area (Å²) in [7, 11) is 0. The Morgan fingerprint density at radius 2 is 1.17 bits per heavy atom. The summed E-state index contributed by atoms with van der Waals surface area (Å²) in [5, 5.41) is 37.9. The van der Waals surface area contributed by atoms with Crippen molar-refractivity contribution in [1.82, 2.24) is 5.01 Å². The summed E-state index contributed by atoms with van der Waals surface area (Å²) in [6, 6.07) is -4.84. The molecule has 0 aliphatic carbocycles. The fourth-order valence-corrected chi connectivity index (χ4v) is 1.08. The van der Waals surface area contributed by atoms with Gasteiger partial charge in [0.15, 0.2) is 0 Å². The van der Waals surface area contributed by atoms with Gasteiger partial charge in [-0.1, -0.05) is 0 Å². The SMILES string of the molecule is CC=NN(C(C(=O)O)C(=O)O)C(C(=O)O)C(=O)O. The molecule has 0 radical (unpaired) electrons. The van der Waals surface area contributed by atoms with Gasteiger partial charge >= 0.3 is 23.9 Å². The number of hydrogen-bond donors (Lipinski definition) is 4. The molecule has 0 aromatic heterocycles. The molecular weight excluding hydrogens is 252 g/mol. The highest BCUT2D eigenvalue weighted by molar-refractivity contribution is 6.02. The molecule has 18 heavy (non-hydrogen) atoms. The van der Waals surface area contributed by atoms with E-state index in [1.807, 2.05) is 0 Å².